The highest BCUT2D eigenvalue weighted by Crippen LogP contribution is 2.30. The van der Waals surface area contributed by atoms with Crippen LogP contribution < -0.4 is 5.32 Å². The molecular weight excluding hydrogens is 274 g/mol. The van der Waals surface area contributed by atoms with Gasteiger partial charge in [-0.25, -0.2) is 0 Å². The fraction of sp³-hybridized carbons (Fsp3) is 0.429. The number of hydrogen-bond donors (Lipinski definition) is 1. The smallest absolute Gasteiger partial charge is 0.278 e. The Kier molecular flexibility index (Phi) is 3.32. The predicted octanol–water partition coefficient (Wildman–Crippen LogP) is 1.61. The van der Waals surface area contributed by atoms with Gasteiger partial charge in [0.05, 0.1) is 16.2 Å². The zero-order chi connectivity index (χ0) is 15.0. The second-order valence-corrected chi connectivity index (χ2v) is 5.44. The number of benzene rings is 1. The molecule has 7 heteroatoms. The average Bonchev–Trinajstić information content (AvgIpc) is 2.97. The summed E-state index contributed by atoms with van der Waals surface area (Å²) in [5, 5.41) is 17.7. The highest BCUT2D eigenvalue weighted by Gasteiger charge is 2.38. The maximum Gasteiger partial charge on any atom is 0.278 e. The predicted molar refractivity (Wildman–Crippen MR) is 74.8 cm³/mol. The number of nitrogens with one attached hydrogen (secondary N) is 1. The molecule has 0 aromatic heterocycles. The van der Waals surface area contributed by atoms with Crippen molar-refractivity contribution in [3.8, 4) is 0 Å². The maximum atomic E-state index is 12.0. The van der Waals surface area contributed by atoms with E-state index in [0.29, 0.717) is 17.2 Å². The Morgan fingerprint density at radius 2 is 2.19 bits per heavy atom. The van der Waals surface area contributed by atoms with Gasteiger partial charge in [0, 0.05) is 18.5 Å². The molecule has 0 radical (unpaired) electrons. The zero-order valence-corrected chi connectivity index (χ0v) is 11.5. The van der Waals surface area contributed by atoms with E-state index in [0.717, 1.165) is 6.42 Å². The number of nitro benzene ring substituents is 1. The Morgan fingerprint density at radius 3 is 2.86 bits per heavy atom. The van der Waals surface area contributed by atoms with Crippen molar-refractivity contribution in [2.45, 2.75) is 31.9 Å². The standard InChI is InChI=1S/C14H15N3O4/c1-8-6-10(8)15-14(18)13-7-11(16-21-13)9-4-2-3-5-12(9)17(19)20/h2-5,8,10,13H,6-7H2,1H3,(H,15,18)/t8-,10-,13+/m1/s1. The van der Waals surface area contributed by atoms with E-state index in [9.17, 15) is 14.9 Å². The molecule has 1 aliphatic heterocycles. The van der Waals surface area contributed by atoms with Gasteiger partial charge in [-0.2, -0.15) is 0 Å². The molecule has 0 unspecified atom stereocenters. The lowest BCUT2D eigenvalue weighted by molar-refractivity contribution is -0.385. The van der Waals surface area contributed by atoms with Crippen LogP contribution >= 0.6 is 0 Å². The van der Waals surface area contributed by atoms with Gasteiger partial charge in [0.1, 0.15) is 0 Å². The lowest BCUT2D eigenvalue weighted by atomic mass is 10.0. The highest BCUT2D eigenvalue weighted by molar-refractivity contribution is 6.06. The molecular formula is C14H15N3O4. The molecule has 1 aromatic rings. The zero-order valence-electron chi connectivity index (χ0n) is 11.5. The van der Waals surface area contributed by atoms with E-state index < -0.39 is 11.0 Å². The second-order valence-electron chi connectivity index (χ2n) is 5.44. The van der Waals surface area contributed by atoms with E-state index >= 15 is 0 Å². The summed E-state index contributed by atoms with van der Waals surface area (Å²) in [7, 11) is 0. The van der Waals surface area contributed by atoms with Crippen LogP contribution in [0.2, 0.25) is 0 Å². The van der Waals surface area contributed by atoms with E-state index in [1.165, 1.54) is 6.07 Å². The van der Waals surface area contributed by atoms with Gasteiger partial charge in [-0.1, -0.05) is 24.2 Å². The molecule has 1 amide bonds. The quantitative estimate of drug-likeness (QED) is 0.673. The maximum absolute atomic E-state index is 12.0. The minimum atomic E-state index is -0.701. The van der Waals surface area contributed by atoms with Gasteiger partial charge in [-0.3, -0.25) is 14.9 Å². The number of hydrogen-bond acceptors (Lipinski definition) is 5. The molecule has 1 heterocycles. The lowest BCUT2D eigenvalue weighted by Crippen LogP contribution is -2.36. The number of carbonyl (C=O) groups is 1. The van der Waals surface area contributed by atoms with Gasteiger partial charge in [0.15, 0.2) is 0 Å². The third-order valence-corrected chi connectivity index (χ3v) is 3.81. The number of para-hydroxylation sites is 1. The topological polar surface area (TPSA) is 93.8 Å². The molecule has 0 spiro atoms. The summed E-state index contributed by atoms with van der Waals surface area (Å²) < 4.78 is 0. The number of amides is 1. The summed E-state index contributed by atoms with van der Waals surface area (Å²) in [6.07, 6.45) is 0.529. The molecule has 2 aliphatic rings. The molecule has 0 bridgehead atoms. The monoisotopic (exact) mass is 289 g/mol. The van der Waals surface area contributed by atoms with Gasteiger partial charge >= 0.3 is 0 Å². The Morgan fingerprint density at radius 1 is 1.48 bits per heavy atom. The molecule has 3 atom stereocenters. The normalized spacial score (nSPS) is 26.7. The van der Waals surface area contributed by atoms with Crippen LogP contribution in [0.25, 0.3) is 0 Å². The van der Waals surface area contributed by atoms with Gasteiger partial charge in [0.25, 0.3) is 11.6 Å². The summed E-state index contributed by atoms with van der Waals surface area (Å²) in [6, 6.07) is 6.54. The first kappa shape index (κ1) is 13.5. The van der Waals surface area contributed by atoms with Crippen LogP contribution in [0.3, 0.4) is 0 Å². The van der Waals surface area contributed by atoms with Crippen LogP contribution in [0, 0.1) is 16.0 Å². The minimum Gasteiger partial charge on any atom is -0.382 e. The fourth-order valence-corrected chi connectivity index (χ4v) is 2.35. The molecule has 110 valence electrons. The van der Waals surface area contributed by atoms with Crippen LogP contribution in [-0.4, -0.2) is 28.7 Å². The first-order valence-corrected chi connectivity index (χ1v) is 6.83. The van der Waals surface area contributed by atoms with Gasteiger partial charge < -0.3 is 10.2 Å². The molecule has 1 fully saturated rings. The van der Waals surface area contributed by atoms with Crippen LogP contribution in [0.15, 0.2) is 29.4 Å². The largest absolute Gasteiger partial charge is 0.382 e. The second kappa shape index (κ2) is 5.16. The van der Waals surface area contributed by atoms with Crippen molar-refractivity contribution in [2.75, 3.05) is 0 Å². The van der Waals surface area contributed by atoms with Crippen LogP contribution in [-0.2, 0) is 9.63 Å². The lowest BCUT2D eigenvalue weighted by Gasteiger charge is -2.08. The van der Waals surface area contributed by atoms with Crippen molar-refractivity contribution < 1.29 is 14.6 Å². The van der Waals surface area contributed by atoms with E-state index in [-0.39, 0.29) is 24.1 Å². The van der Waals surface area contributed by atoms with E-state index in [1.54, 1.807) is 18.2 Å². The van der Waals surface area contributed by atoms with Crippen molar-refractivity contribution in [1.82, 2.24) is 5.32 Å². The molecule has 3 rings (SSSR count). The molecule has 1 aromatic carbocycles. The Bertz CT molecular complexity index is 628. The summed E-state index contributed by atoms with van der Waals surface area (Å²) in [5.41, 5.74) is 0.806. The first-order valence-electron chi connectivity index (χ1n) is 6.83. The summed E-state index contributed by atoms with van der Waals surface area (Å²) in [6.45, 7) is 2.07. The van der Waals surface area contributed by atoms with Crippen LogP contribution in [0.1, 0.15) is 25.3 Å². The third kappa shape index (κ3) is 2.72. The molecule has 1 saturated carbocycles. The number of nitro groups is 1. The van der Waals surface area contributed by atoms with Gasteiger partial charge in [-0.05, 0) is 18.4 Å². The van der Waals surface area contributed by atoms with Crippen molar-refractivity contribution in [2.24, 2.45) is 11.1 Å². The number of nitrogens with zero attached hydrogens (tertiary/aromatic N) is 2. The Balaban J connectivity index is 1.69. The molecule has 7 nitrogen and oxygen atoms in total. The van der Waals surface area contributed by atoms with Gasteiger partial charge in [-0.15, -0.1) is 0 Å². The number of rotatable bonds is 4. The van der Waals surface area contributed by atoms with E-state index in [1.807, 2.05) is 0 Å². The van der Waals surface area contributed by atoms with E-state index in [2.05, 4.69) is 17.4 Å². The van der Waals surface area contributed by atoms with Crippen molar-refractivity contribution in [3.63, 3.8) is 0 Å². The van der Waals surface area contributed by atoms with Crippen LogP contribution in [0.4, 0.5) is 5.69 Å². The number of oxime groups is 1. The summed E-state index contributed by atoms with van der Waals surface area (Å²) >= 11 is 0. The summed E-state index contributed by atoms with van der Waals surface area (Å²) in [5.74, 6) is 0.299. The Hall–Kier alpha value is -2.44. The van der Waals surface area contributed by atoms with Crippen LogP contribution in [0.5, 0.6) is 0 Å². The van der Waals surface area contributed by atoms with Crippen molar-refractivity contribution in [1.29, 1.82) is 0 Å². The van der Waals surface area contributed by atoms with Crippen molar-refractivity contribution in [3.05, 3.63) is 39.9 Å². The average molecular weight is 289 g/mol. The third-order valence-electron chi connectivity index (χ3n) is 3.81. The fourth-order valence-electron chi connectivity index (χ4n) is 2.35. The van der Waals surface area contributed by atoms with E-state index in [4.69, 9.17) is 4.84 Å². The molecule has 0 saturated heterocycles. The Labute approximate surface area is 121 Å². The SMILES string of the molecule is C[C@@H]1C[C@H]1NC(=O)[C@@H]1CC(c2ccccc2[N+](=O)[O-])=NO1. The van der Waals surface area contributed by atoms with Crippen molar-refractivity contribution >= 4 is 17.3 Å². The number of carbonyl (C=O) groups excluding carboxylic acids is 1. The highest BCUT2D eigenvalue weighted by atomic mass is 16.6. The van der Waals surface area contributed by atoms with Gasteiger partial charge in [0.2, 0.25) is 6.10 Å². The molecule has 1 aliphatic carbocycles. The molecule has 1 N–H and O–H groups in total. The minimum absolute atomic E-state index is 0.0308. The first-order chi connectivity index (χ1) is 10.1. The summed E-state index contributed by atoms with van der Waals surface area (Å²) in [4.78, 5) is 27.7. The molecule has 21 heavy (non-hydrogen) atoms.